The fraction of sp³-hybridized carbons (Fsp3) is 0.312. The Kier molecular flexibility index (Phi) is 5.95. The summed E-state index contributed by atoms with van der Waals surface area (Å²) in [7, 11) is 2.10. The Labute approximate surface area is 132 Å². The van der Waals surface area contributed by atoms with Gasteiger partial charge in [0, 0.05) is 27.9 Å². The largest absolute Gasteiger partial charge is 0.301 e. The number of carbonyl (C=O) groups is 1. The second-order valence-corrected chi connectivity index (χ2v) is 6.80. The molecular formula is C16H18BrNOS. The maximum Gasteiger partial charge on any atom is 0.162 e. The molecule has 0 atom stereocenters. The van der Waals surface area contributed by atoms with E-state index in [9.17, 15) is 4.79 Å². The first kappa shape index (κ1) is 15.4. The zero-order valence-corrected chi connectivity index (χ0v) is 13.9. The summed E-state index contributed by atoms with van der Waals surface area (Å²) in [4.78, 5) is 15.7. The van der Waals surface area contributed by atoms with Crippen LogP contribution < -0.4 is 0 Å². The Bertz CT molecular complexity index is 536. The fourth-order valence-electron chi connectivity index (χ4n) is 2.04. The highest BCUT2D eigenvalue weighted by Gasteiger charge is 2.07. The molecule has 0 N–H and O–H groups in total. The van der Waals surface area contributed by atoms with Crippen molar-refractivity contribution in [3.8, 4) is 0 Å². The molecule has 2 nitrogen and oxygen atoms in total. The van der Waals surface area contributed by atoms with Gasteiger partial charge in [-0.2, -0.15) is 0 Å². The van der Waals surface area contributed by atoms with Crippen molar-refractivity contribution in [3.63, 3.8) is 0 Å². The predicted octanol–water partition coefficient (Wildman–Crippen LogP) is 4.61. The molecule has 0 aliphatic carbocycles. The van der Waals surface area contributed by atoms with Gasteiger partial charge in [0.1, 0.15) is 0 Å². The highest BCUT2D eigenvalue weighted by atomic mass is 79.9. The van der Waals surface area contributed by atoms with E-state index in [1.54, 1.807) is 11.3 Å². The lowest BCUT2D eigenvalue weighted by molar-refractivity contribution is 0.0976. The van der Waals surface area contributed by atoms with Gasteiger partial charge >= 0.3 is 0 Å². The Morgan fingerprint density at radius 2 is 2.00 bits per heavy atom. The summed E-state index contributed by atoms with van der Waals surface area (Å²) in [6.45, 7) is 1.91. The minimum absolute atomic E-state index is 0.224. The van der Waals surface area contributed by atoms with E-state index in [1.807, 2.05) is 24.3 Å². The smallest absolute Gasteiger partial charge is 0.162 e. The van der Waals surface area contributed by atoms with Crippen LogP contribution in [0.3, 0.4) is 0 Å². The van der Waals surface area contributed by atoms with Crippen molar-refractivity contribution in [2.45, 2.75) is 19.4 Å². The highest BCUT2D eigenvalue weighted by molar-refractivity contribution is 9.10. The van der Waals surface area contributed by atoms with Crippen molar-refractivity contribution in [1.82, 2.24) is 4.90 Å². The third kappa shape index (κ3) is 4.85. The quantitative estimate of drug-likeness (QED) is 0.679. The van der Waals surface area contributed by atoms with Crippen LogP contribution in [0.25, 0.3) is 0 Å². The molecule has 0 unspecified atom stereocenters. The number of hydrogen-bond acceptors (Lipinski definition) is 3. The van der Waals surface area contributed by atoms with Gasteiger partial charge in [0.25, 0.3) is 0 Å². The molecule has 0 amide bonds. The molecule has 106 valence electrons. The predicted molar refractivity (Wildman–Crippen MR) is 88.4 cm³/mol. The van der Waals surface area contributed by atoms with E-state index in [4.69, 9.17) is 0 Å². The highest BCUT2D eigenvalue weighted by Crippen LogP contribution is 2.14. The van der Waals surface area contributed by atoms with Gasteiger partial charge in [-0.1, -0.05) is 34.1 Å². The monoisotopic (exact) mass is 351 g/mol. The lowest BCUT2D eigenvalue weighted by Crippen LogP contribution is -2.19. The number of rotatable bonds is 7. The van der Waals surface area contributed by atoms with Crippen molar-refractivity contribution in [2.75, 3.05) is 13.6 Å². The van der Waals surface area contributed by atoms with Crippen molar-refractivity contribution < 1.29 is 4.79 Å². The molecule has 0 spiro atoms. The second-order valence-electron chi connectivity index (χ2n) is 4.85. The fourth-order valence-corrected chi connectivity index (χ4v) is 3.09. The minimum Gasteiger partial charge on any atom is -0.301 e. The molecule has 0 saturated heterocycles. The average molecular weight is 352 g/mol. The van der Waals surface area contributed by atoms with Crippen LogP contribution in [0.2, 0.25) is 0 Å². The van der Waals surface area contributed by atoms with Gasteiger partial charge < -0.3 is 4.90 Å². The molecule has 0 bridgehead atoms. The van der Waals surface area contributed by atoms with Crippen molar-refractivity contribution in [2.24, 2.45) is 0 Å². The molecule has 2 aromatic rings. The van der Waals surface area contributed by atoms with Crippen molar-refractivity contribution in [1.29, 1.82) is 0 Å². The molecule has 1 heterocycles. The molecule has 20 heavy (non-hydrogen) atoms. The van der Waals surface area contributed by atoms with E-state index >= 15 is 0 Å². The van der Waals surface area contributed by atoms with Crippen molar-refractivity contribution >= 4 is 33.0 Å². The Morgan fingerprint density at radius 1 is 1.25 bits per heavy atom. The molecule has 0 fully saturated rings. The first-order valence-corrected chi connectivity index (χ1v) is 8.32. The summed E-state index contributed by atoms with van der Waals surface area (Å²) in [6, 6.07) is 11.8. The maximum atomic E-state index is 12.0. The molecular weight excluding hydrogens is 334 g/mol. The molecule has 1 aromatic heterocycles. The summed E-state index contributed by atoms with van der Waals surface area (Å²) in [5.41, 5.74) is 0.800. The van der Waals surface area contributed by atoms with E-state index in [1.165, 1.54) is 4.88 Å². The summed E-state index contributed by atoms with van der Waals surface area (Å²) in [5.74, 6) is 0.224. The summed E-state index contributed by atoms with van der Waals surface area (Å²) in [6.07, 6.45) is 1.51. The number of carbonyl (C=O) groups excluding carboxylic acids is 1. The standard InChI is InChI=1S/C16H18BrNOS/c1-18(12-15-4-3-11-20-15)10-2-5-16(19)13-6-8-14(17)9-7-13/h3-4,6-9,11H,2,5,10,12H2,1H3. The van der Waals surface area contributed by atoms with Gasteiger partial charge in [-0.3, -0.25) is 4.79 Å². The average Bonchev–Trinajstić information content (AvgIpc) is 2.92. The van der Waals surface area contributed by atoms with E-state index < -0.39 is 0 Å². The Hall–Kier alpha value is -0.970. The summed E-state index contributed by atoms with van der Waals surface area (Å²) in [5, 5.41) is 2.10. The van der Waals surface area contributed by atoms with E-state index in [0.29, 0.717) is 6.42 Å². The first-order chi connectivity index (χ1) is 9.65. The van der Waals surface area contributed by atoms with Crippen LogP contribution in [-0.2, 0) is 6.54 Å². The Morgan fingerprint density at radius 3 is 2.65 bits per heavy atom. The molecule has 1 aromatic carbocycles. The van der Waals surface area contributed by atoms with Gasteiger partial charge in [-0.05, 0) is 43.6 Å². The SMILES string of the molecule is CN(CCCC(=O)c1ccc(Br)cc1)Cc1cccs1. The third-order valence-electron chi connectivity index (χ3n) is 3.12. The molecule has 0 aliphatic heterocycles. The Balaban J connectivity index is 1.72. The first-order valence-electron chi connectivity index (χ1n) is 6.65. The number of thiophene rings is 1. The summed E-state index contributed by atoms with van der Waals surface area (Å²) < 4.78 is 1.00. The van der Waals surface area contributed by atoms with Gasteiger partial charge in [0.15, 0.2) is 5.78 Å². The van der Waals surface area contributed by atoms with Crippen LogP contribution in [-0.4, -0.2) is 24.3 Å². The van der Waals surface area contributed by atoms with Crippen LogP contribution >= 0.6 is 27.3 Å². The van der Waals surface area contributed by atoms with E-state index in [-0.39, 0.29) is 5.78 Å². The minimum atomic E-state index is 0.224. The van der Waals surface area contributed by atoms with Gasteiger partial charge in [0.05, 0.1) is 0 Å². The molecule has 0 radical (unpaired) electrons. The van der Waals surface area contributed by atoms with Crippen LogP contribution in [0.5, 0.6) is 0 Å². The maximum absolute atomic E-state index is 12.0. The van der Waals surface area contributed by atoms with Gasteiger partial charge in [-0.15, -0.1) is 11.3 Å². The molecule has 0 saturated carbocycles. The van der Waals surface area contributed by atoms with Crippen LogP contribution in [0.4, 0.5) is 0 Å². The topological polar surface area (TPSA) is 20.3 Å². The zero-order chi connectivity index (χ0) is 14.4. The second kappa shape index (κ2) is 7.72. The zero-order valence-electron chi connectivity index (χ0n) is 11.5. The lowest BCUT2D eigenvalue weighted by atomic mass is 10.1. The molecule has 4 heteroatoms. The van der Waals surface area contributed by atoms with Gasteiger partial charge in [0.2, 0.25) is 0 Å². The number of ketones is 1. The van der Waals surface area contributed by atoms with Crippen LogP contribution in [0.15, 0.2) is 46.3 Å². The van der Waals surface area contributed by atoms with Crippen LogP contribution in [0, 0.1) is 0 Å². The summed E-state index contributed by atoms with van der Waals surface area (Å²) >= 11 is 5.15. The van der Waals surface area contributed by atoms with Gasteiger partial charge in [-0.25, -0.2) is 0 Å². The normalized spacial score (nSPS) is 10.9. The third-order valence-corrected chi connectivity index (χ3v) is 4.51. The van der Waals surface area contributed by atoms with Crippen molar-refractivity contribution in [3.05, 3.63) is 56.7 Å². The number of hydrogen-bond donors (Lipinski definition) is 0. The number of halogens is 1. The van der Waals surface area contributed by atoms with E-state index in [0.717, 1.165) is 29.5 Å². The van der Waals surface area contributed by atoms with E-state index in [2.05, 4.69) is 45.4 Å². The molecule has 0 aliphatic rings. The molecule has 2 rings (SSSR count). The lowest BCUT2D eigenvalue weighted by Gasteiger charge is -2.15. The number of nitrogens with zero attached hydrogens (tertiary/aromatic N) is 1. The number of Topliss-reactive ketones (excluding diaryl/α,β-unsaturated/α-hetero) is 1. The van der Waals surface area contributed by atoms with Crippen LogP contribution in [0.1, 0.15) is 28.1 Å². The number of benzene rings is 1.